The molecule has 4 aromatic rings. The Hall–Kier alpha value is -2.82. The van der Waals surface area contributed by atoms with Crippen LogP contribution in [0.5, 0.6) is 5.75 Å². The molecule has 1 saturated heterocycles. The predicted octanol–water partition coefficient (Wildman–Crippen LogP) is 10.8. The summed E-state index contributed by atoms with van der Waals surface area (Å²) in [6.45, 7) is 4.34. The van der Waals surface area contributed by atoms with Crippen molar-refractivity contribution >= 4 is 31.5 Å². The standard InChI is InChI=1S/C41H58ClN4O6P/c1-2-3-4-5-6-7-8-9-10-11-12-18-27-48-35(29-47-28-33-19-14-13-15-20-33)31-50-53(52-39-22-17-16-21-36(39)42)49-30-34-23-26-40(51-34)37-24-25-38-41(43)44-32-45-46(37)38/h13-17,19-22,24-25,32,34-35,40H,2-12,18,23,26-31H2,1H3,(H2,43,44,45). The van der Waals surface area contributed by atoms with Gasteiger partial charge < -0.3 is 24.5 Å². The van der Waals surface area contributed by atoms with Crippen LogP contribution in [0.2, 0.25) is 5.02 Å². The summed E-state index contributed by atoms with van der Waals surface area (Å²) in [6.07, 6.45) is 18.1. The van der Waals surface area contributed by atoms with Crippen LogP contribution in [0, 0.1) is 0 Å². The number of halogens is 1. The lowest BCUT2D eigenvalue weighted by Crippen LogP contribution is -2.26. The van der Waals surface area contributed by atoms with E-state index in [1.165, 1.54) is 70.5 Å². The fourth-order valence-corrected chi connectivity index (χ4v) is 7.76. The molecule has 0 saturated carbocycles. The Morgan fingerprint density at radius 1 is 0.849 bits per heavy atom. The van der Waals surface area contributed by atoms with Gasteiger partial charge in [0.1, 0.15) is 29.8 Å². The summed E-state index contributed by atoms with van der Waals surface area (Å²) in [6, 6.07) is 21.4. The van der Waals surface area contributed by atoms with Crippen molar-refractivity contribution in [1.82, 2.24) is 14.6 Å². The Bertz CT molecular complexity index is 1580. The van der Waals surface area contributed by atoms with Gasteiger partial charge in [0.2, 0.25) is 0 Å². The molecule has 0 amide bonds. The summed E-state index contributed by atoms with van der Waals surface area (Å²) >= 11 is 6.47. The van der Waals surface area contributed by atoms with Gasteiger partial charge in [0.25, 0.3) is 0 Å². The maximum Gasteiger partial charge on any atom is 0.397 e. The van der Waals surface area contributed by atoms with E-state index in [1.807, 2.05) is 48.5 Å². The fourth-order valence-electron chi connectivity index (χ4n) is 6.46. The molecule has 4 atom stereocenters. The van der Waals surface area contributed by atoms with E-state index in [1.54, 1.807) is 10.6 Å². The number of ether oxygens (including phenoxy) is 3. The zero-order valence-corrected chi connectivity index (χ0v) is 32.9. The Morgan fingerprint density at radius 3 is 2.32 bits per heavy atom. The normalized spacial score (nSPS) is 17.0. The molecule has 1 aliphatic heterocycles. The number of fused-ring (bicyclic) bond motifs is 1. The van der Waals surface area contributed by atoms with Crippen LogP contribution in [-0.4, -0.2) is 53.2 Å². The molecule has 2 aromatic heterocycles. The molecule has 290 valence electrons. The molecule has 2 aromatic carbocycles. The van der Waals surface area contributed by atoms with Crippen molar-refractivity contribution in [2.45, 2.75) is 122 Å². The highest BCUT2D eigenvalue weighted by atomic mass is 35.5. The second-order valence-corrected chi connectivity index (χ2v) is 15.3. The van der Waals surface area contributed by atoms with E-state index in [0.717, 1.165) is 42.5 Å². The molecule has 4 unspecified atom stereocenters. The van der Waals surface area contributed by atoms with Crippen molar-refractivity contribution in [2.24, 2.45) is 0 Å². The summed E-state index contributed by atoms with van der Waals surface area (Å²) in [4.78, 5) is 4.09. The van der Waals surface area contributed by atoms with E-state index in [4.69, 9.17) is 45.1 Å². The predicted molar refractivity (Wildman–Crippen MR) is 212 cm³/mol. The molecule has 1 aliphatic rings. The van der Waals surface area contributed by atoms with E-state index in [-0.39, 0.29) is 24.9 Å². The third-order valence-corrected chi connectivity index (χ3v) is 10.8. The number of aromatic nitrogens is 3. The first-order chi connectivity index (χ1) is 26.1. The number of anilines is 1. The van der Waals surface area contributed by atoms with Crippen LogP contribution in [-0.2, 0) is 29.9 Å². The smallest absolute Gasteiger partial charge is 0.397 e. The van der Waals surface area contributed by atoms with Crippen molar-refractivity contribution in [3.63, 3.8) is 0 Å². The van der Waals surface area contributed by atoms with Gasteiger partial charge in [-0.25, -0.2) is 9.50 Å². The minimum absolute atomic E-state index is 0.142. The zero-order chi connectivity index (χ0) is 36.9. The molecule has 5 rings (SSSR count). The lowest BCUT2D eigenvalue weighted by molar-refractivity contribution is -0.0461. The van der Waals surface area contributed by atoms with Crippen molar-refractivity contribution in [3.8, 4) is 5.75 Å². The maximum atomic E-state index is 6.47. The van der Waals surface area contributed by atoms with Gasteiger partial charge in [-0.1, -0.05) is 132 Å². The van der Waals surface area contributed by atoms with Crippen LogP contribution in [0.4, 0.5) is 5.82 Å². The minimum atomic E-state index is -1.83. The van der Waals surface area contributed by atoms with Gasteiger partial charge in [0.15, 0.2) is 5.82 Å². The van der Waals surface area contributed by atoms with E-state index in [0.29, 0.717) is 43.0 Å². The maximum absolute atomic E-state index is 6.47. The first kappa shape index (κ1) is 41.3. The number of nitrogens with two attached hydrogens (primary N) is 1. The Labute approximate surface area is 322 Å². The fraction of sp³-hybridized carbons (Fsp3) is 0.561. The molecule has 3 heterocycles. The van der Waals surface area contributed by atoms with Gasteiger partial charge in [0.05, 0.1) is 43.2 Å². The highest BCUT2D eigenvalue weighted by molar-refractivity contribution is 7.42. The summed E-state index contributed by atoms with van der Waals surface area (Å²) in [5.74, 6) is 0.933. The Morgan fingerprint density at radius 2 is 1.57 bits per heavy atom. The number of hydrogen-bond acceptors (Lipinski definition) is 9. The molecule has 0 spiro atoms. The van der Waals surface area contributed by atoms with Crippen molar-refractivity contribution in [3.05, 3.63) is 89.3 Å². The lowest BCUT2D eigenvalue weighted by Gasteiger charge is -2.23. The van der Waals surface area contributed by atoms with Crippen LogP contribution in [0.3, 0.4) is 0 Å². The number of para-hydroxylation sites is 1. The summed E-state index contributed by atoms with van der Waals surface area (Å²) in [7, 11) is -1.83. The van der Waals surface area contributed by atoms with Crippen LogP contribution in [0.1, 0.15) is 114 Å². The van der Waals surface area contributed by atoms with E-state index in [2.05, 4.69) is 29.1 Å². The molecular weight excluding hydrogens is 711 g/mol. The van der Waals surface area contributed by atoms with Gasteiger partial charge in [-0.2, -0.15) is 5.10 Å². The first-order valence-electron chi connectivity index (χ1n) is 19.6. The second kappa shape index (κ2) is 23.9. The van der Waals surface area contributed by atoms with Crippen molar-refractivity contribution in [1.29, 1.82) is 0 Å². The monoisotopic (exact) mass is 768 g/mol. The van der Waals surface area contributed by atoms with Crippen LogP contribution >= 0.6 is 20.2 Å². The molecule has 1 fully saturated rings. The number of benzene rings is 2. The third kappa shape index (κ3) is 14.4. The number of nitrogens with zero attached hydrogens (tertiary/aromatic N) is 3. The van der Waals surface area contributed by atoms with E-state index in [9.17, 15) is 0 Å². The summed E-state index contributed by atoms with van der Waals surface area (Å²) in [5.41, 5.74) is 8.86. The molecule has 0 aliphatic carbocycles. The first-order valence-corrected chi connectivity index (χ1v) is 21.0. The van der Waals surface area contributed by atoms with Crippen LogP contribution < -0.4 is 10.3 Å². The summed E-state index contributed by atoms with van der Waals surface area (Å²) in [5, 5.41) is 4.86. The average Bonchev–Trinajstić information content (AvgIpc) is 3.83. The molecule has 0 radical (unpaired) electrons. The molecule has 0 bridgehead atoms. The highest BCUT2D eigenvalue weighted by Crippen LogP contribution is 2.44. The molecule has 12 heteroatoms. The van der Waals surface area contributed by atoms with Crippen molar-refractivity contribution in [2.75, 3.05) is 32.2 Å². The third-order valence-electron chi connectivity index (χ3n) is 9.46. The number of unbranched alkanes of at least 4 members (excludes halogenated alkanes) is 11. The van der Waals surface area contributed by atoms with Gasteiger partial charge in [0, 0.05) is 6.61 Å². The molecule has 10 nitrogen and oxygen atoms in total. The topological polar surface area (TPSA) is 112 Å². The zero-order valence-electron chi connectivity index (χ0n) is 31.3. The summed E-state index contributed by atoms with van der Waals surface area (Å²) < 4.78 is 39.5. The largest absolute Gasteiger partial charge is 0.425 e. The number of hydrogen-bond donors (Lipinski definition) is 1. The second-order valence-electron chi connectivity index (χ2n) is 13.7. The average molecular weight is 769 g/mol. The Kier molecular flexibility index (Phi) is 18.6. The minimum Gasteiger partial charge on any atom is -0.425 e. The lowest BCUT2D eigenvalue weighted by atomic mass is 10.1. The SMILES string of the molecule is CCCCCCCCCCCCCCOC(COCc1ccccc1)COP(OCC1CCC(c2ccc3c(N)ncnn23)O1)Oc1ccccc1Cl. The number of rotatable bonds is 27. The van der Waals surface area contributed by atoms with Gasteiger partial charge >= 0.3 is 8.60 Å². The number of nitrogen functional groups attached to an aromatic ring is 1. The van der Waals surface area contributed by atoms with Crippen molar-refractivity contribution < 1.29 is 27.8 Å². The van der Waals surface area contributed by atoms with E-state index < -0.39 is 8.60 Å². The highest BCUT2D eigenvalue weighted by Gasteiger charge is 2.31. The Balaban J connectivity index is 1.10. The van der Waals surface area contributed by atoms with Crippen LogP contribution in [0.15, 0.2) is 73.1 Å². The van der Waals surface area contributed by atoms with Gasteiger partial charge in [-0.05, 0) is 49.1 Å². The molecular formula is C41H58ClN4O6P. The van der Waals surface area contributed by atoms with E-state index >= 15 is 0 Å². The van der Waals surface area contributed by atoms with Gasteiger partial charge in [-0.15, -0.1) is 0 Å². The van der Waals surface area contributed by atoms with Gasteiger partial charge in [-0.3, -0.25) is 9.05 Å². The molecule has 53 heavy (non-hydrogen) atoms. The molecule has 2 N–H and O–H groups in total. The quantitative estimate of drug-likeness (QED) is 0.0468. The van der Waals surface area contributed by atoms with Crippen LogP contribution in [0.25, 0.3) is 5.52 Å².